The zero-order valence-electron chi connectivity index (χ0n) is 23.8. The maximum atomic E-state index is 9.86. The Morgan fingerprint density at radius 3 is 2.39 bits per heavy atom. The van der Waals surface area contributed by atoms with Gasteiger partial charge in [-0.3, -0.25) is 0 Å². The number of benzene rings is 1. The van der Waals surface area contributed by atoms with Gasteiger partial charge in [0.25, 0.3) is 0 Å². The second kappa shape index (κ2) is 13.4. The molecular weight excluding hydrogens is 476 g/mol. The molecule has 0 atom stereocenters. The van der Waals surface area contributed by atoms with Crippen LogP contribution >= 0.6 is 0 Å². The van der Waals surface area contributed by atoms with Crippen molar-refractivity contribution in [2.45, 2.75) is 59.0 Å². The first kappa shape index (κ1) is 28.3. The Balaban J connectivity index is 1.77. The third kappa shape index (κ3) is 6.65. The van der Waals surface area contributed by atoms with Crippen LogP contribution in [0.25, 0.3) is 5.70 Å². The number of nitrogens with zero attached hydrogens (tertiary/aromatic N) is 2. The van der Waals surface area contributed by atoms with Crippen LogP contribution in [0.3, 0.4) is 0 Å². The van der Waals surface area contributed by atoms with Crippen molar-refractivity contribution in [2.24, 2.45) is 11.8 Å². The van der Waals surface area contributed by atoms with Gasteiger partial charge in [0.15, 0.2) is 0 Å². The van der Waals surface area contributed by atoms with Crippen LogP contribution in [0, 0.1) is 11.8 Å². The van der Waals surface area contributed by atoms with Gasteiger partial charge in [-0.2, -0.15) is 0 Å². The van der Waals surface area contributed by atoms with E-state index in [0.717, 1.165) is 91.7 Å². The van der Waals surface area contributed by atoms with Crippen molar-refractivity contribution < 1.29 is 19.3 Å². The highest BCUT2D eigenvalue weighted by Crippen LogP contribution is 2.42. The van der Waals surface area contributed by atoms with E-state index < -0.39 is 0 Å². The monoisotopic (exact) mass is 522 g/mol. The summed E-state index contributed by atoms with van der Waals surface area (Å²) < 4.78 is 17.7. The van der Waals surface area contributed by atoms with Crippen molar-refractivity contribution >= 4 is 5.70 Å². The minimum atomic E-state index is -0.0676. The summed E-state index contributed by atoms with van der Waals surface area (Å²) >= 11 is 0. The predicted molar refractivity (Wildman–Crippen MR) is 154 cm³/mol. The number of rotatable bonds is 13. The first-order chi connectivity index (χ1) is 18.5. The molecule has 6 heteroatoms. The smallest absolute Gasteiger partial charge is 0.132 e. The highest BCUT2D eigenvalue weighted by atomic mass is 16.5. The predicted octanol–water partition coefficient (Wildman–Crippen LogP) is 6.14. The van der Waals surface area contributed by atoms with E-state index in [2.05, 4.69) is 55.5 Å². The third-order valence-corrected chi connectivity index (χ3v) is 7.79. The lowest BCUT2D eigenvalue weighted by atomic mass is 9.96. The van der Waals surface area contributed by atoms with Crippen LogP contribution in [-0.4, -0.2) is 62.0 Å². The fourth-order valence-corrected chi connectivity index (χ4v) is 5.39. The molecule has 0 bridgehead atoms. The molecule has 1 N–H and O–H groups in total. The quantitative estimate of drug-likeness (QED) is 0.336. The standard InChI is InChI=1S/C32H46N2O4/c1-6-15-38-30-19-26(22-35)18-29(36-5)31(30)27-9-8-10-28(33(27)4)32(23(3)7-2)34(20-24-11-12-24)21-25-13-16-37-17-14-25/h8-10,18-19,24-25,35H,3,6-7,11-17,20-22H2,1-2,4-5H3/b32-28+. The van der Waals surface area contributed by atoms with Crippen LogP contribution in [0.2, 0.25) is 0 Å². The van der Waals surface area contributed by atoms with Crippen molar-refractivity contribution in [3.63, 3.8) is 0 Å². The summed E-state index contributed by atoms with van der Waals surface area (Å²) in [4.78, 5) is 4.88. The first-order valence-electron chi connectivity index (χ1n) is 14.3. The molecule has 1 aromatic rings. The molecule has 1 saturated carbocycles. The van der Waals surface area contributed by atoms with Gasteiger partial charge in [-0.05, 0) is 85.8 Å². The Kier molecular flexibility index (Phi) is 9.97. The number of aliphatic hydroxyl groups excluding tert-OH is 1. The van der Waals surface area contributed by atoms with Crippen molar-refractivity contribution in [1.82, 2.24) is 9.80 Å². The zero-order chi connectivity index (χ0) is 27.1. The highest BCUT2D eigenvalue weighted by molar-refractivity contribution is 5.78. The van der Waals surface area contributed by atoms with Gasteiger partial charge in [0.2, 0.25) is 0 Å². The van der Waals surface area contributed by atoms with E-state index in [4.69, 9.17) is 14.2 Å². The molecule has 0 unspecified atom stereocenters. The summed E-state index contributed by atoms with van der Waals surface area (Å²) in [5.74, 6) is 2.83. The lowest BCUT2D eigenvalue weighted by Gasteiger charge is -2.38. The summed E-state index contributed by atoms with van der Waals surface area (Å²) in [6, 6.07) is 3.83. The Bertz CT molecular complexity index is 1060. The Hall–Kier alpha value is -2.70. The summed E-state index contributed by atoms with van der Waals surface area (Å²) in [5.41, 5.74) is 6.25. The van der Waals surface area contributed by atoms with Gasteiger partial charge in [-0.15, -0.1) is 0 Å². The second-order valence-corrected chi connectivity index (χ2v) is 10.7. The summed E-state index contributed by atoms with van der Waals surface area (Å²) in [6.07, 6.45) is 13.1. The topological polar surface area (TPSA) is 54.4 Å². The van der Waals surface area contributed by atoms with E-state index in [1.807, 2.05) is 12.1 Å². The molecular formula is C32H46N2O4. The van der Waals surface area contributed by atoms with E-state index in [-0.39, 0.29) is 6.61 Å². The van der Waals surface area contributed by atoms with Gasteiger partial charge >= 0.3 is 0 Å². The molecule has 2 heterocycles. The SMILES string of the molecule is C=C(CC)/C(=C1/C=CC=C(c2c(OC)cc(CO)cc2OCCC)N1C)N(CC1CCOCC1)CC1CC1. The van der Waals surface area contributed by atoms with Crippen molar-refractivity contribution in [1.29, 1.82) is 0 Å². The van der Waals surface area contributed by atoms with Crippen molar-refractivity contribution in [2.75, 3.05) is 47.1 Å². The van der Waals surface area contributed by atoms with Crippen LogP contribution in [0.5, 0.6) is 11.5 Å². The minimum absolute atomic E-state index is 0.0676. The van der Waals surface area contributed by atoms with E-state index >= 15 is 0 Å². The maximum Gasteiger partial charge on any atom is 0.132 e. The first-order valence-corrected chi connectivity index (χ1v) is 14.3. The molecule has 0 spiro atoms. The average Bonchev–Trinajstić information content (AvgIpc) is 3.77. The van der Waals surface area contributed by atoms with Crippen LogP contribution in [0.15, 0.2) is 53.9 Å². The molecule has 0 radical (unpaired) electrons. The number of ether oxygens (including phenoxy) is 3. The number of likely N-dealkylation sites (N-methyl/N-ethyl adjacent to an activating group) is 1. The van der Waals surface area contributed by atoms with Gasteiger partial charge in [0.05, 0.1) is 43.0 Å². The second-order valence-electron chi connectivity index (χ2n) is 10.7. The van der Waals surface area contributed by atoms with Gasteiger partial charge in [0, 0.05) is 33.4 Å². The number of hydrogen-bond donors (Lipinski definition) is 1. The molecule has 1 saturated heterocycles. The zero-order valence-corrected chi connectivity index (χ0v) is 23.8. The third-order valence-electron chi connectivity index (χ3n) is 7.79. The van der Waals surface area contributed by atoms with Gasteiger partial charge < -0.3 is 29.1 Å². The molecule has 4 rings (SSSR count). The Morgan fingerprint density at radius 2 is 1.79 bits per heavy atom. The van der Waals surface area contributed by atoms with Crippen molar-refractivity contribution in [3.05, 3.63) is 65.0 Å². The van der Waals surface area contributed by atoms with E-state index in [1.165, 1.54) is 18.5 Å². The fraction of sp³-hybridized carbons (Fsp3) is 0.562. The number of aliphatic hydroxyl groups is 1. The lowest BCUT2D eigenvalue weighted by molar-refractivity contribution is 0.0561. The maximum absolute atomic E-state index is 9.86. The summed E-state index contributed by atoms with van der Waals surface area (Å²) in [6.45, 7) is 13.2. The molecule has 0 amide bonds. The largest absolute Gasteiger partial charge is 0.496 e. The van der Waals surface area contributed by atoms with Crippen LogP contribution < -0.4 is 9.47 Å². The molecule has 3 aliphatic rings. The molecule has 1 aliphatic carbocycles. The average molecular weight is 523 g/mol. The normalized spacial score (nSPS) is 19.3. The van der Waals surface area contributed by atoms with Crippen LogP contribution in [0.1, 0.15) is 63.5 Å². The van der Waals surface area contributed by atoms with E-state index in [0.29, 0.717) is 18.3 Å². The van der Waals surface area contributed by atoms with Gasteiger partial charge in [0.1, 0.15) is 11.5 Å². The van der Waals surface area contributed by atoms with E-state index in [9.17, 15) is 5.11 Å². The Labute approximate surface area is 229 Å². The molecule has 6 nitrogen and oxygen atoms in total. The molecule has 1 aromatic carbocycles. The molecule has 0 aromatic heterocycles. The number of allylic oxidation sites excluding steroid dienone is 4. The Morgan fingerprint density at radius 1 is 1.11 bits per heavy atom. The van der Waals surface area contributed by atoms with Gasteiger partial charge in [-0.1, -0.05) is 26.5 Å². The highest BCUT2D eigenvalue weighted by Gasteiger charge is 2.31. The lowest BCUT2D eigenvalue weighted by Crippen LogP contribution is -2.36. The van der Waals surface area contributed by atoms with Gasteiger partial charge in [-0.25, -0.2) is 0 Å². The molecule has 2 fully saturated rings. The van der Waals surface area contributed by atoms with Crippen molar-refractivity contribution in [3.8, 4) is 11.5 Å². The fourth-order valence-electron chi connectivity index (χ4n) is 5.39. The number of hydrogen-bond acceptors (Lipinski definition) is 6. The van der Waals surface area contributed by atoms with E-state index in [1.54, 1.807) is 7.11 Å². The van der Waals surface area contributed by atoms with Crippen LogP contribution in [0.4, 0.5) is 0 Å². The van der Waals surface area contributed by atoms with Crippen LogP contribution in [-0.2, 0) is 11.3 Å². The molecule has 208 valence electrons. The summed E-state index contributed by atoms with van der Waals surface area (Å²) in [7, 11) is 3.80. The number of methoxy groups -OCH3 is 1. The molecule has 38 heavy (non-hydrogen) atoms. The molecule has 2 aliphatic heterocycles. The summed E-state index contributed by atoms with van der Waals surface area (Å²) in [5, 5.41) is 9.86. The minimum Gasteiger partial charge on any atom is -0.496 e.